The van der Waals surface area contributed by atoms with Crippen LogP contribution in [0.2, 0.25) is 10.8 Å². The van der Waals surface area contributed by atoms with Gasteiger partial charge in [0, 0.05) is 22.8 Å². The van der Waals surface area contributed by atoms with Gasteiger partial charge in [0.05, 0.1) is 0 Å². The second-order valence-electron chi connectivity index (χ2n) is 28.1. The Morgan fingerprint density at radius 3 is 0.693 bits per heavy atom. The molecule has 88 heavy (non-hydrogen) atoms. The van der Waals surface area contributed by atoms with E-state index in [1.165, 1.54) is 397 Å². The van der Waals surface area contributed by atoms with Gasteiger partial charge in [0.15, 0.2) is 0 Å². The molecule has 0 N–H and O–H groups in total. The molecule has 0 fully saturated rings. The summed E-state index contributed by atoms with van der Waals surface area (Å²) < 4.78 is 1.46. The van der Waals surface area contributed by atoms with Gasteiger partial charge in [0.1, 0.15) is 0 Å². The topological polar surface area (TPSA) is 25.3 Å². The minimum absolute atomic E-state index is 0.905. The summed E-state index contributed by atoms with van der Waals surface area (Å²) in [5.74, 6) is 0. The van der Waals surface area contributed by atoms with Crippen molar-refractivity contribution in [3.8, 4) is 0 Å². The summed E-state index contributed by atoms with van der Waals surface area (Å²) in [4.78, 5) is 0. The summed E-state index contributed by atoms with van der Waals surface area (Å²) in [6, 6.07) is 13.9. The second kappa shape index (κ2) is 62.5. The van der Waals surface area contributed by atoms with E-state index in [1.54, 1.807) is 0 Å². The first-order valence-corrected chi connectivity index (χ1v) is 41.4. The van der Waals surface area contributed by atoms with Gasteiger partial charge in [-0.1, -0.05) is 246 Å². The first kappa shape index (κ1) is 82.1. The average molecular weight is 1260 g/mol. The van der Waals surface area contributed by atoms with E-state index in [-0.39, 0.29) is 0 Å². The maximum atomic E-state index is 11.5. The first-order valence-electron chi connectivity index (χ1n) is 40.0. The predicted octanol–water partition coefficient (Wildman–Crippen LogP) is 30.5. The van der Waals surface area contributed by atoms with E-state index in [2.05, 4.69) is 105 Å². The quantitative estimate of drug-likeness (QED) is 0.0358. The first-order chi connectivity index (χ1) is 43.4. The van der Waals surface area contributed by atoms with Gasteiger partial charge in [0.25, 0.3) is 0 Å². The Kier molecular flexibility index (Phi) is 58.3. The third kappa shape index (κ3) is 46.1. The van der Waals surface area contributed by atoms with Crippen LogP contribution in [-0.2, 0) is 40.1 Å². The molecule has 0 unspecified atom stereocenters. The van der Waals surface area contributed by atoms with E-state index in [0.717, 1.165) is 53.8 Å². The third-order valence-electron chi connectivity index (χ3n) is 19.3. The van der Waals surface area contributed by atoms with Crippen LogP contribution in [0.4, 0.5) is 0 Å². The molecule has 0 bridgehead atoms. The minimum Gasteiger partial charge on any atom is -0.493 e. The van der Waals surface area contributed by atoms with E-state index >= 15 is 0 Å². The molecule has 0 atom stereocenters. The van der Waals surface area contributed by atoms with Gasteiger partial charge in [0.2, 0.25) is 11.4 Å². The van der Waals surface area contributed by atoms with Crippen molar-refractivity contribution in [3.05, 3.63) is 87.0 Å². The third-order valence-corrected chi connectivity index (χ3v) is 20.7. The van der Waals surface area contributed by atoms with E-state index in [1.807, 2.05) is 0 Å². The zero-order chi connectivity index (χ0) is 63.3. The van der Waals surface area contributed by atoms with Gasteiger partial charge < -0.3 is 5.53 Å². The van der Waals surface area contributed by atoms with Crippen molar-refractivity contribution in [1.82, 2.24) is 0 Å². The number of hydrogen-bond donors (Lipinski definition) is 0. The fourth-order valence-electron chi connectivity index (χ4n) is 13.4. The van der Waals surface area contributed by atoms with Crippen molar-refractivity contribution < 1.29 is 19.1 Å². The van der Waals surface area contributed by atoms with Crippen LogP contribution in [0.5, 0.6) is 0 Å². The van der Waals surface area contributed by atoms with Crippen LogP contribution < -0.4 is 0 Å². The molecule has 2 aromatic carbocycles. The van der Waals surface area contributed by atoms with E-state index in [4.69, 9.17) is 0 Å². The molecule has 0 saturated heterocycles. The fraction of sp³-hybridized carbons (Fsp3) is 0.812. The van der Waals surface area contributed by atoms with Crippen molar-refractivity contribution in [2.45, 2.75) is 444 Å². The molecule has 1 aliphatic heterocycles. The van der Waals surface area contributed by atoms with Gasteiger partial charge in [-0.15, -0.1) is 0 Å². The summed E-state index contributed by atoms with van der Waals surface area (Å²) in [6.45, 7) is 15.8. The average Bonchev–Trinajstić information content (AvgIpc) is 3.56. The van der Waals surface area contributed by atoms with Crippen LogP contribution in [0.1, 0.15) is 441 Å². The fourth-order valence-corrected chi connectivity index (χ4v) is 14.6. The van der Waals surface area contributed by atoms with E-state index in [0.29, 0.717) is 0 Å². The molecule has 2 aromatic rings. The molecule has 0 amide bonds. The number of unbranched alkanes of at least 4 members (excludes halogenated alkanes) is 50. The molecule has 0 aromatic heterocycles. The molecule has 512 valence electrons. The Hall–Kier alpha value is -1.99. The smallest absolute Gasteiger partial charge is 0.493 e. The molecule has 1 heterocycles. The zero-order valence-electron chi connectivity index (χ0n) is 60.6. The normalized spacial score (nSPS) is 12.5. The molecular formula is C85H152N2Ni. The predicted molar refractivity (Wildman–Crippen MR) is 394 cm³/mol. The van der Waals surface area contributed by atoms with Crippen molar-refractivity contribution in [2.75, 3.05) is 0 Å². The van der Waals surface area contributed by atoms with Gasteiger partial charge in [-0.25, -0.2) is 4.70 Å². The SMILES string of the molecule is CCCCCCCCCCCCCCCCCCCCCCCCC[CH2][Ni][CH2]CCCCCCCCCCCCCCCCCCCCCCCCC.CCCCc1cc(CCCC)cc(C2=CC(C)=C(c3cc(CCCC)cc(CCCC)c3)[N+]2=[N-])c1. The summed E-state index contributed by atoms with van der Waals surface area (Å²) in [5.41, 5.74) is 22.3. The maximum absolute atomic E-state index is 11.5. The van der Waals surface area contributed by atoms with Crippen molar-refractivity contribution in [3.63, 3.8) is 0 Å². The summed E-state index contributed by atoms with van der Waals surface area (Å²) in [7, 11) is 0. The number of allylic oxidation sites excluding steroid dienone is 2. The molecule has 2 nitrogen and oxygen atoms in total. The summed E-state index contributed by atoms with van der Waals surface area (Å²) >= 11 is 2.05. The molecule has 0 spiro atoms. The van der Waals surface area contributed by atoms with Crippen LogP contribution in [0.15, 0.2) is 48.0 Å². The number of benzene rings is 2. The number of aryl methyl sites for hydroxylation is 4. The Morgan fingerprint density at radius 1 is 0.261 bits per heavy atom. The van der Waals surface area contributed by atoms with Crippen molar-refractivity contribution in [2.24, 2.45) is 0 Å². The Morgan fingerprint density at radius 2 is 0.466 bits per heavy atom. The Labute approximate surface area is 558 Å². The monoisotopic (exact) mass is 1260 g/mol. The van der Waals surface area contributed by atoms with E-state index in [9.17, 15) is 5.53 Å². The van der Waals surface area contributed by atoms with Gasteiger partial charge in [-0.3, -0.25) is 0 Å². The molecule has 0 aliphatic carbocycles. The Bertz CT molecular complexity index is 1820. The van der Waals surface area contributed by atoms with Crippen molar-refractivity contribution in [1.29, 1.82) is 0 Å². The molecule has 3 heteroatoms. The molecule has 3 rings (SSSR count). The number of nitrogens with zero attached hydrogens (tertiary/aromatic N) is 2. The standard InChI is InChI=1S/C33H46N2.2C26H53.Ni/c1-6-10-14-26-19-27(15-11-7-2)22-30(21-26)32-18-25(5)33(35(32)34)31-23-28(16-12-8-3)20-29(24-31)17-13-9-4;2*1-3-5-7-9-11-13-15-17-19-21-23-25-26-24-22-20-18-16-14-12-10-8-6-4-2;/h18-24H,6-17H2,1-5H3;2*1,3-26H2,2H3;. The molecule has 1 aliphatic rings. The summed E-state index contributed by atoms with van der Waals surface area (Å²) in [6.07, 6.45) is 87.4. The Balaban J connectivity index is 0.000000648. The minimum atomic E-state index is 0.905. The van der Waals surface area contributed by atoms with Crippen LogP contribution in [-0.4, -0.2) is 4.70 Å². The van der Waals surface area contributed by atoms with Crippen LogP contribution in [0.25, 0.3) is 16.9 Å². The van der Waals surface area contributed by atoms with Crippen LogP contribution in [0.3, 0.4) is 0 Å². The number of hydrogen-bond acceptors (Lipinski definition) is 0. The van der Waals surface area contributed by atoms with Crippen molar-refractivity contribution >= 4 is 11.4 Å². The van der Waals surface area contributed by atoms with Crippen LogP contribution >= 0.6 is 0 Å². The van der Waals surface area contributed by atoms with Gasteiger partial charge in [-0.2, -0.15) is 0 Å². The van der Waals surface area contributed by atoms with Gasteiger partial charge >= 0.3 is 166 Å². The zero-order valence-corrected chi connectivity index (χ0v) is 61.6. The van der Waals surface area contributed by atoms with Gasteiger partial charge in [-0.05, 0) is 105 Å². The molecule has 0 saturated carbocycles. The second-order valence-corrected chi connectivity index (χ2v) is 29.6. The molecule has 0 radical (unpaired) electrons. The van der Waals surface area contributed by atoms with E-state index < -0.39 is 0 Å². The van der Waals surface area contributed by atoms with Crippen LogP contribution in [0, 0.1) is 0 Å². The number of rotatable bonds is 64. The molecular weight excluding hydrogens is 1110 g/mol. The summed E-state index contributed by atoms with van der Waals surface area (Å²) in [5, 5.41) is 2.87.